The summed E-state index contributed by atoms with van der Waals surface area (Å²) in [5, 5.41) is 9.72. The van der Waals surface area contributed by atoms with Gasteiger partial charge in [-0.25, -0.2) is 24.3 Å². The molecule has 9 nitrogen and oxygen atoms in total. The number of amides is 1. The number of anilines is 1. The summed E-state index contributed by atoms with van der Waals surface area (Å²) in [5.41, 5.74) is 2.58. The Labute approximate surface area is 177 Å². The molecule has 0 aromatic carbocycles. The number of hydrogen-bond donors (Lipinski definition) is 2. The summed E-state index contributed by atoms with van der Waals surface area (Å²) in [5.74, 6) is -0.0464. The SMILES string of the molecule is O=C(N[C@H]1CCC[C@@H](Nc2nc(C3=CCc4ncncc43)ncc2F)C1)c1ccno1. The molecular weight excluding hydrogens is 401 g/mol. The molecule has 0 unspecified atom stereocenters. The lowest BCUT2D eigenvalue weighted by Crippen LogP contribution is -2.42. The molecule has 0 bridgehead atoms. The molecule has 158 valence electrons. The first-order valence-corrected chi connectivity index (χ1v) is 10.2. The first kappa shape index (κ1) is 19.3. The van der Waals surface area contributed by atoms with Gasteiger partial charge in [-0.15, -0.1) is 0 Å². The fraction of sp³-hybridized carbons (Fsp3) is 0.333. The third-order valence-electron chi connectivity index (χ3n) is 5.58. The van der Waals surface area contributed by atoms with Crippen molar-refractivity contribution in [1.82, 2.24) is 30.4 Å². The van der Waals surface area contributed by atoms with Gasteiger partial charge in [-0.3, -0.25) is 4.79 Å². The van der Waals surface area contributed by atoms with Crippen molar-refractivity contribution >= 4 is 17.3 Å². The summed E-state index contributed by atoms with van der Waals surface area (Å²) in [4.78, 5) is 29.2. The van der Waals surface area contributed by atoms with Crippen molar-refractivity contribution in [3.05, 3.63) is 65.7 Å². The largest absolute Gasteiger partial charge is 0.365 e. The van der Waals surface area contributed by atoms with Gasteiger partial charge in [0.2, 0.25) is 5.76 Å². The van der Waals surface area contributed by atoms with Gasteiger partial charge in [-0.1, -0.05) is 11.2 Å². The molecule has 2 N–H and O–H groups in total. The van der Waals surface area contributed by atoms with E-state index in [0.29, 0.717) is 18.7 Å². The van der Waals surface area contributed by atoms with E-state index in [1.54, 1.807) is 6.20 Å². The number of halogens is 1. The van der Waals surface area contributed by atoms with Crippen LogP contribution in [0.15, 0.2) is 41.6 Å². The fourth-order valence-corrected chi connectivity index (χ4v) is 4.10. The van der Waals surface area contributed by atoms with E-state index >= 15 is 0 Å². The Morgan fingerprint density at radius 1 is 1.19 bits per heavy atom. The Morgan fingerprint density at radius 3 is 2.97 bits per heavy atom. The standard InChI is InChI=1S/C21H20FN7O2/c22-16-10-24-19(14-4-5-17-15(14)9-23-11-25-17)29-20(16)27-12-2-1-3-13(8-12)28-21(30)18-6-7-26-31-18/h4,6-7,9-13H,1-3,5,8H2,(H,28,30)(H,24,27,29)/t12-,13+/m1/s1. The van der Waals surface area contributed by atoms with E-state index in [1.807, 2.05) is 6.08 Å². The van der Waals surface area contributed by atoms with E-state index in [2.05, 4.69) is 35.7 Å². The Balaban J connectivity index is 1.29. The molecule has 2 aliphatic carbocycles. The average Bonchev–Trinajstić information content (AvgIpc) is 3.46. The van der Waals surface area contributed by atoms with Crippen LogP contribution in [-0.4, -0.2) is 43.1 Å². The van der Waals surface area contributed by atoms with Crippen molar-refractivity contribution in [1.29, 1.82) is 0 Å². The highest BCUT2D eigenvalue weighted by Gasteiger charge is 2.26. The summed E-state index contributed by atoms with van der Waals surface area (Å²) in [7, 11) is 0. The maximum absolute atomic E-state index is 14.5. The van der Waals surface area contributed by atoms with Crippen molar-refractivity contribution in [3.8, 4) is 0 Å². The molecule has 3 aromatic heterocycles. The van der Waals surface area contributed by atoms with Gasteiger partial charge in [0.15, 0.2) is 17.5 Å². The third kappa shape index (κ3) is 4.00. The lowest BCUT2D eigenvalue weighted by molar-refractivity contribution is 0.0889. The second-order valence-electron chi connectivity index (χ2n) is 7.65. The second-order valence-corrected chi connectivity index (χ2v) is 7.65. The lowest BCUT2D eigenvalue weighted by atomic mass is 9.91. The van der Waals surface area contributed by atoms with E-state index in [0.717, 1.165) is 36.1 Å². The smallest absolute Gasteiger partial charge is 0.290 e. The highest BCUT2D eigenvalue weighted by Crippen LogP contribution is 2.30. The number of nitrogens with zero attached hydrogens (tertiary/aromatic N) is 5. The fourth-order valence-electron chi connectivity index (χ4n) is 4.10. The number of hydrogen-bond acceptors (Lipinski definition) is 8. The van der Waals surface area contributed by atoms with Gasteiger partial charge >= 0.3 is 0 Å². The average molecular weight is 421 g/mol. The van der Waals surface area contributed by atoms with Crippen LogP contribution in [0, 0.1) is 5.82 Å². The Morgan fingerprint density at radius 2 is 2.10 bits per heavy atom. The number of fused-ring (bicyclic) bond motifs is 1. The van der Waals surface area contributed by atoms with Gasteiger partial charge in [-0.2, -0.15) is 0 Å². The molecule has 3 heterocycles. The molecule has 3 aromatic rings. The highest BCUT2D eigenvalue weighted by molar-refractivity contribution is 5.91. The second kappa shape index (κ2) is 8.21. The van der Waals surface area contributed by atoms with Gasteiger partial charge < -0.3 is 15.2 Å². The minimum atomic E-state index is -0.514. The monoisotopic (exact) mass is 421 g/mol. The number of rotatable bonds is 5. The molecule has 31 heavy (non-hydrogen) atoms. The molecule has 10 heteroatoms. The van der Waals surface area contributed by atoms with Crippen LogP contribution in [0.5, 0.6) is 0 Å². The summed E-state index contributed by atoms with van der Waals surface area (Å²) in [6.45, 7) is 0. The van der Waals surface area contributed by atoms with Gasteiger partial charge in [0.05, 0.1) is 18.1 Å². The van der Waals surface area contributed by atoms with Crippen LogP contribution in [0.2, 0.25) is 0 Å². The molecule has 1 saturated carbocycles. The topological polar surface area (TPSA) is 119 Å². The Kier molecular flexibility index (Phi) is 5.11. The molecule has 0 radical (unpaired) electrons. The number of carbonyl (C=O) groups is 1. The van der Waals surface area contributed by atoms with Crippen molar-refractivity contribution in [2.24, 2.45) is 0 Å². The lowest BCUT2D eigenvalue weighted by Gasteiger charge is -2.30. The van der Waals surface area contributed by atoms with E-state index in [4.69, 9.17) is 4.52 Å². The van der Waals surface area contributed by atoms with Gasteiger partial charge in [0.1, 0.15) is 6.33 Å². The van der Waals surface area contributed by atoms with E-state index in [-0.39, 0.29) is 29.6 Å². The molecule has 1 fully saturated rings. The molecule has 5 rings (SSSR count). The van der Waals surface area contributed by atoms with Crippen LogP contribution < -0.4 is 10.6 Å². The number of nitrogens with one attached hydrogen (secondary N) is 2. The predicted molar refractivity (Wildman–Crippen MR) is 108 cm³/mol. The van der Waals surface area contributed by atoms with Crippen LogP contribution >= 0.6 is 0 Å². The van der Waals surface area contributed by atoms with Crippen LogP contribution in [0.4, 0.5) is 10.2 Å². The number of allylic oxidation sites excluding steroid dienone is 1. The molecular formula is C21H20FN7O2. The molecule has 0 spiro atoms. The number of aromatic nitrogens is 5. The quantitative estimate of drug-likeness (QED) is 0.645. The van der Waals surface area contributed by atoms with E-state index in [9.17, 15) is 9.18 Å². The van der Waals surface area contributed by atoms with E-state index < -0.39 is 5.82 Å². The van der Waals surface area contributed by atoms with Crippen molar-refractivity contribution in [3.63, 3.8) is 0 Å². The zero-order chi connectivity index (χ0) is 21.2. The molecule has 2 aliphatic rings. The van der Waals surface area contributed by atoms with Crippen molar-refractivity contribution < 1.29 is 13.7 Å². The zero-order valence-electron chi connectivity index (χ0n) is 16.6. The predicted octanol–water partition coefficient (Wildman–Crippen LogP) is 2.53. The molecule has 0 saturated heterocycles. The third-order valence-corrected chi connectivity index (χ3v) is 5.58. The molecule has 0 aliphatic heterocycles. The summed E-state index contributed by atoms with van der Waals surface area (Å²) < 4.78 is 19.4. The van der Waals surface area contributed by atoms with Crippen LogP contribution in [0.1, 0.15) is 53.3 Å². The summed E-state index contributed by atoms with van der Waals surface area (Å²) in [6.07, 6.45) is 11.7. The molecule has 2 atom stereocenters. The minimum Gasteiger partial charge on any atom is -0.365 e. The first-order chi connectivity index (χ1) is 15.2. The minimum absolute atomic E-state index is 0.0285. The van der Waals surface area contributed by atoms with Crippen LogP contribution in [-0.2, 0) is 6.42 Å². The molecule has 1 amide bonds. The van der Waals surface area contributed by atoms with Crippen LogP contribution in [0.3, 0.4) is 0 Å². The zero-order valence-corrected chi connectivity index (χ0v) is 16.6. The number of carbonyl (C=O) groups excluding carboxylic acids is 1. The maximum atomic E-state index is 14.5. The highest BCUT2D eigenvalue weighted by atomic mass is 19.1. The normalized spacial score (nSPS) is 20.1. The van der Waals surface area contributed by atoms with Crippen molar-refractivity contribution in [2.45, 2.75) is 44.2 Å². The van der Waals surface area contributed by atoms with Crippen LogP contribution in [0.25, 0.3) is 5.57 Å². The van der Waals surface area contributed by atoms with Gasteiger partial charge in [0, 0.05) is 41.9 Å². The maximum Gasteiger partial charge on any atom is 0.290 e. The van der Waals surface area contributed by atoms with Gasteiger partial charge in [-0.05, 0) is 25.7 Å². The Hall–Kier alpha value is -3.69. The summed E-state index contributed by atoms with van der Waals surface area (Å²) in [6, 6.07) is 1.45. The Bertz CT molecular complexity index is 1130. The van der Waals surface area contributed by atoms with Crippen molar-refractivity contribution in [2.75, 3.05) is 5.32 Å². The first-order valence-electron chi connectivity index (χ1n) is 10.2. The van der Waals surface area contributed by atoms with Gasteiger partial charge in [0.25, 0.3) is 5.91 Å². The summed E-state index contributed by atoms with van der Waals surface area (Å²) >= 11 is 0. The van der Waals surface area contributed by atoms with E-state index in [1.165, 1.54) is 24.8 Å².